The van der Waals surface area contributed by atoms with E-state index in [-0.39, 0.29) is 11.4 Å². The van der Waals surface area contributed by atoms with Crippen LogP contribution in [0.2, 0.25) is 0 Å². The van der Waals surface area contributed by atoms with Gasteiger partial charge in [0.15, 0.2) is 17.0 Å². The quantitative estimate of drug-likeness (QED) is 0.317. The van der Waals surface area contributed by atoms with Crippen molar-refractivity contribution in [3.8, 4) is 0 Å². The number of carbonyl (C=O) groups excluding carboxylic acids is 1. The number of aryl methyl sites for hydroxylation is 1. The van der Waals surface area contributed by atoms with Crippen molar-refractivity contribution in [3.63, 3.8) is 0 Å². The Bertz CT molecular complexity index is 1260. The van der Waals surface area contributed by atoms with Crippen LogP contribution in [0.3, 0.4) is 0 Å². The number of ketones is 1. The third-order valence-corrected chi connectivity index (χ3v) is 4.32. The first kappa shape index (κ1) is 18.3. The molecule has 1 N–H and O–H groups in total. The number of aromatic nitrogens is 1. The molecule has 1 aromatic heterocycles. The second kappa shape index (κ2) is 7.90. The Labute approximate surface area is 166 Å². The van der Waals surface area contributed by atoms with Crippen LogP contribution in [0.5, 0.6) is 0 Å². The van der Waals surface area contributed by atoms with Gasteiger partial charge in [0.2, 0.25) is 5.78 Å². The Balaban J connectivity index is 1.83. The number of hydrogen-bond donors (Lipinski definition) is 1. The minimum absolute atomic E-state index is 0.114. The summed E-state index contributed by atoms with van der Waals surface area (Å²) in [5, 5.41) is 4.23. The number of benzene rings is 3. The first-order chi connectivity index (χ1) is 14.1. The van der Waals surface area contributed by atoms with E-state index in [0.717, 1.165) is 5.56 Å². The van der Waals surface area contributed by atoms with Gasteiger partial charge >= 0.3 is 5.63 Å². The highest BCUT2D eigenvalue weighted by molar-refractivity contribution is 6.51. The van der Waals surface area contributed by atoms with Crippen molar-refractivity contribution < 1.29 is 9.21 Å². The van der Waals surface area contributed by atoms with Gasteiger partial charge in [-0.25, -0.2) is 9.78 Å². The molecular weight excluding hydrogens is 366 g/mol. The first-order valence-corrected chi connectivity index (χ1v) is 9.02. The van der Waals surface area contributed by atoms with Crippen molar-refractivity contribution in [1.29, 1.82) is 0 Å². The SMILES string of the molecule is Cc1ccc(C(=O)/C(=N/Nc2ccccc2)c2nc3ccccc3oc2=O)cc1. The fraction of sp³-hybridized carbons (Fsp3) is 0.0435. The predicted octanol–water partition coefficient (Wildman–Crippen LogP) is 4.20. The molecule has 142 valence electrons. The number of hydrogen-bond acceptors (Lipinski definition) is 6. The monoisotopic (exact) mass is 383 g/mol. The third kappa shape index (κ3) is 3.96. The van der Waals surface area contributed by atoms with E-state index in [1.807, 2.05) is 37.3 Å². The maximum Gasteiger partial charge on any atom is 0.364 e. The molecule has 29 heavy (non-hydrogen) atoms. The van der Waals surface area contributed by atoms with E-state index in [4.69, 9.17) is 4.42 Å². The first-order valence-electron chi connectivity index (χ1n) is 9.02. The lowest BCUT2D eigenvalue weighted by Crippen LogP contribution is -2.26. The van der Waals surface area contributed by atoms with Gasteiger partial charge in [-0.05, 0) is 31.2 Å². The Morgan fingerprint density at radius 1 is 0.931 bits per heavy atom. The lowest BCUT2D eigenvalue weighted by molar-refractivity contribution is 0.106. The zero-order chi connectivity index (χ0) is 20.2. The second-order valence-electron chi connectivity index (χ2n) is 6.45. The molecule has 0 aliphatic rings. The van der Waals surface area contributed by atoms with Gasteiger partial charge in [-0.3, -0.25) is 10.2 Å². The lowest BCUT2D eigenvalue weighted by Gasteiger charge is -2.07. The van der Waals surface area contributed by atoms with Crippen LogP contribution in [0.25, 0.3) is 11.1 Å². The number of carbonyl (C=O) groups is 1. The van der Waals surface area contributed by atoms with Crippen molar-refractivity contribution in [1.82, 2.24) is 4.98 Å². The van der Waals surface area contributed by atoms with E-state index < -0.39 is 11.4 Å². The van der Waals surface area contributed by atoms with Crippen molar-refractivity contribution in [2.45, 2.75) is 6.92 Å². The van der Waals surface area contributed by atoms with E-state index in [1.165, 1.54) is 0 Å². The molecular formula is C23H17N3O3. The largest absolute Gasteiger partial charge is 0.419 e. The van der Waals surface area contributed by atoms with Gasteiger partial charge in [0.05, 0.1) is 5.69 Å². The summed E-state index contributed by atoms with van der Waals surface area (Å²) in [4.78, 5) is 30.1. The fourth-order valence-corrected chi connectivity index (χ4v) is 2.79. The zero-order valence-corrected chi connectivity index (χ0v) is 15.6. The van der Waals surface area contributed by atoms with E-state index in [9.17, 15) is 9.59 Å². The highest BCUT2D eigenvalue weighted by Crippen LogP contribution is 2.13. The van der Waals surface area contributed by atoms with Crippen LogP contribution >= 0.6 is 0 Å². The lowest BCUT2D eigenvalue weighted by atomic mass is 10.0. The number of fused-ring (bicyclic) bond motifs is 1. The van der Waals surface area contributed by atoms with Gasteiger partial charge in [0.1, 0.15) is 5.52 Å². The molecule has 0 amide bonds. The van der Waals surface area contributed by atoms with Gasteiger partial charge in [-0.2, -0.15) is 5.10 Å². The number of para-hydroxylation sites is 3. The molecule has 3 aromatic carbocycles. The van der Waals surface area contributed by atoms with Crippen LogP contribution < -0.4 is 11.1 Å². The molecule has 0 unspecified atom stereocenters. The third-order valence-electron chi connectivity index (χ3n) is 4.32. The maximum absolute atomic E-state index is 13.2. The molecule has 4 rings (SSSR count). The van der Waals surface area contributed by atoms with Crippen LogP contribution in [0.15, 0.2) is 93.2 Å². The number of nitrogens with zero attached hydrogens (tertiary/aromatic N) is 2. The normalized spacial score (nSPS) is 11.4. The summed E-state index contributed by atoms with van der Waals surface area (Å²) in [6, 6.07) is 23.1. The van der Waals surface area contributed by atoms with Crippen LogP contribution in [0.1, 0.15) is 21.6 Å². The van der Waals surface area contributed by atoms with Crippen LogP contribution in [0.4, 0.5) is 5.69 Å². The average molecular weight is 383 g/mol. The summed E-state index contributed by atoms with van der Waals surface area (Å²) >= 11 is 0. The number of Topliss-reactive ketones (excluding diaryl/α,β-unsaturated/α-hetero) is 1. The molecule has 0 aliphatic heterocycles. The van der Waals surface area contributed by atoms with Gasteiger partial charge in [0, 0.05) is 5.56 Å². The predicted molar refractivity (Wildman–Crippen MR) is 112 cm³/mol. The van der Waals surface area contributed by atoms with Crippen molar-refractivity contribution in [3.05, 3.63) is 106 Å². The minimum Gasteiger partial charge on any atom is -0.419 e. The van der Waals surface area contributed by atoms with E-state index in [0.29, 0.717) is 22.4 Å². The molecule has 0 bridgehead atoms. The molecule has 0 atom stereocenters. The molecule has 6 heteroatoms. The summed E-state index contributed by atoms with van der Waals surface area (Å²) in [6.45, 7) is 1.93. The summed E-state index contributed by atoms with van der Waals surface area (Å²) in [7, 11) is 0. The summed E-state index contributed by atoms with van der Waals surface area (Å²) in [5.41, 5.74) is 4.75. The molecule has 4 aromatic rings. The Morgan fingerprint density at radius 3 is 2.38 bits per heavy atom. The summed E-state index contributed by atoms with van der Waals surface area (Å²) in [5.74, 6) is -0.427. The minimum atomic E-state index is -0.724. The van der Waals surface area contributed by atoms with Crippen molar-refractivity contribution in [2.24, 2.45) is 5.10 Å². The Morgan fingerprint density at radius 2 is 1.62 bits per heavy atom. The highest BCUT2D eigenvalue weighted by atomic mass is 16.4. The molecule has 0 aliphatic carbocycles. The van der Waals surface area contributed by atoms with Crippen LogP contribution in [0, 0.1) is 6.92 Å². The average Bonchev–Trinajstić information content (AvgIpc) is 2.75. The van der Waals surface area contributed by atoms with Crippen LogP contribution in [-0.2, 0) is 0 Å². The number of rotatable bonds is 5. The van der Waals surface area contributed by atoms with Gasteiger partial charge in [-0.15, -0.1) is 0 Å². The molecule has 0 fully saturated rings. The van der Waals surface area contributed by atoms with E-state index in [2.05, 4.69) is 15.5 Å². The molecule has 1 heterocycles. The molecule has 0 saturated carbocycles. The topological polar surface area (TPSA) is 84.6 Å². The fourth-order valence-electron chi connectivity index (χ4n) is 2.79. The summed E-state index contributed by atoms with van der Waals surface area (Å²) < 4.78 is 5.35. The van der Waals surface area contributed by atoms with Crippen molar-refractivity contribution >= 4 is 28.3 Å². The zero-order valence-electron chi connectivity index (χ0n) is 15.6. The Kier molecular flexibility index (Phi) is 4.99. The highest BCUT2D eigenvalue weighted by Gasteiger charge is 2.23. The van der Waals surface area contributed by atoms with Gasteiger partial charge < -0.3 is 4.42 Å². The molecule has 0 saturated heterocycles. The number of nitrogens with one attached hydrogen (secondary N) is 1. The number of anilines is 1. The van der Waals surface area contributed by atoms with E-state index in [1.54, 1.807) is 48.5 Å². The smallest absolute Gasteiger partial charge is 0.364 e. The van der Waals surface area contributed by atoms with Crippen molar-refractivity contribution in [2.75, 3.05) is 5.43 Å². The molecule has 0 spiro atoms. The summed E-state index contributed by atoms with van der Waals surface area (Å²) in [6.07, 6.45) is 0. The number of hydrazone groups is 1. The van der Waals surface area contributed by atoms with Crippen LogP contribution in [-0.4, -0.2) is 16.5 Å². The maximum atomic E-state index is 13.2. The van der Waals surface area contributed by atoms with Gasteiger partial charge in [0.25, 0.3) is 0 Å². The Hall–Kier alpha value is -4.06. The molecule has 6 nitrogen and oxygen atoms in total. The van der Waals surface area contributed by atoms with E-state index >= 15 is 0 Å². The van der Waals surface area contributed by atoms with Gasteiger partial charge in [-0.1, -0.05) is 60.2 Å². The molecule has 0 radical (unpaired) electrons. The standard InChI is InChI=1S/C23H17N3O3/c1-15-11-13-16(14-12-15)22(27)20(26-25-17-7-3-2-4-8-17)21-23(28)29-19-10-6-5-9-18(19)24-21/h2-14,25H,1H3/b26-20+. The second-order valence-corrected chi connectivity index (χ2v) is 6.45.